The summed E-state index contributed by atoms with van der Waals surface area (Å²) in [5.74, 6) is 5.70. The number of rotatable bonds is 4. The van der Waals surface area contributed by atoms with Crippen molar-refractivity contribution in [1.29, 1.82) is 0 Å². The predicted molar refractivity (Wildman–Crippen MR) is 78.8 cm³/mol. The highest BCUT2D eigenvalue weighted by atomic mass is 15.3. The minimum Gasteiger partial charge on any atom is -0.273 e. The number of para-hydroxylation sites is 1. The zero-order valence-electron chi connectivity index (χ0n) is 11.3. The molecule has 2 heterocycles. The Labute approximate surface area is 117 Å². The molecule has 102 valence electrons. The lowest BCUT2D eigenvalue weighted by Gasteiger charge is -2.14. The molecule has 0 saturated heterocycles. The van der Waals surface area contributed by atoms with Gasteiger partial charge in [-0.05, 0) is 19.1 Å². The Morgan fingerprint density at radius 1 is 1.25 bits per heavy atom. The van der Waals surface area contributed by atoms with Crippen LogP contribution in [0.3, 0.4) is 0 Å². The molecule has 0 fully saturated rings. The van der Waals surface area contributed by atoms with E-state index < -0.39 is 0 Å². The summed E-state index contributed by atoms with van der Waals surface area (Å²) in [5, 5.41) is 5.41. The van der Waals surface area contributed by atoms with Gasteiger partial charge in [-0.3, -0.25) is 15.5 Å². The van der Waals surface area contributed by atoms with Crippen LogP contribution in [0.5, 0.6) is 0 Å². The van der Waals surface area contributed by atoms with Gasteiger partial charge in [-0.1, -0.05) is 24.3 Å². The lowest BCUT2D eigenvalue weighted by molar-refractivity contribution is 0.618. The molecule has 1 aromatic carbocycles. The van der Waals surface area contributed by atoms with Crippen LogP contribution in [0.15, 0.2) is 48.8 Å². The molecule has 5 heteroatoms. The third-order valence-electron chi connectivity index (χ3n) is 3.39. The molecule has 0 aliphatic carbocycles. The number of aromatic nitrogens is 3. The molecule has 5 nitrogen and oxygen atoms in total. The Hall–Kier alpha value is -2.24. The van der Waals surface area contributed by atoms with Crippen LogP contribution in [0, 0.1) is 0 Å². The van der Waals surface area contributed by atoms with Crippen LogP contribution in [0.4, 0.5) is 0 Å². The van der Waals surface area contributed by atoms with Crippen molar-refractivity contribution in [2.24, 2.45) is 5.84 Å². The molecule has 1 atom stereocenters. The van der Waals surface area contributed by atoms with E-state index in [2.05, 4.69) is 28.5 Å². The second-order valence-corrected chi connectivity index (χ2v) is 4.66. The van der Waals surface area contributed by atoms with Gasteiger partial charge in [-0.2, -0.15) is 5.10 Å². The molecular formula is C15H17N5. The number of pyridine rings is 1. The average Bonchev–Trinajstić information content (AvgIpc) is 2.97. The van der Waals surface area contributed by atoms with Crippen molar-refractivity contribution in [2.75, 3.05) is 0 Å². The number of hydrogen-bond acceptors (Lipinski definition) is 4. The zero-order valence-corrected chi connectivity index (χ0v) is 11.3. The van der Waals surface area contributed by atoms with Crippen molar-refractivity contribution < 1.29 is 0 Å². The molecule has 20 heavy (non-hydrogen) atoms. The molecule has 0 aliphatic heterocycles. The summed E-state index contributed by atoms with van der Waals surface area (Å²) in [6.07, 6.45) is 3.81. The van der Waals surface area contributed by atoms with E-state index >= 15 is 0 Å². The highest BCUT2D eigenvalue weighted by Gasteiger charge is 2.16. The molecule has 3 N–H and O–H groups in total. The summed E-state index contributed by atoms with van der Waals surface area (Å²) in [5.41, 5.74) is 5.69. The first-order valence-corrected chi connectivity index (χ1v) is 6.66. The Morgan fingerprint density at radius 3 is 2.85 bits per heavy atom. The van der Waals surface area contributed by atoms with Gasteiger partial charge in [0.2, 0.25) is 0 Å². The van der Waals surface area contributed by atoms with Gasteiger partial charge in [0.15, 0.2) is 0 Å². The minimum atomic E-state index is -0.153. The van der Waals surface area contributed by atoms with Crippen LogP contribution in [0.1, 0.15) is 24.2 Å². The van der Waals surface area contributed by atoms with Gasteiger partial charge in [0.25, 0.3) is 0 Å². The summed E-state index contributed by atoms with van der Waals surface area (Å²) < 4.78 is 1.88. The highest BCUT2D eigenvalue weighted by molar-refractivity contribution is 5.78. The summed E-state index contributed by atoms with van der Waals surface area (Å²) in [4.78, 5) is 4.68. The van der Waals surface area contributed by atoms with Crippen LogP contribution in [-0.2, 0) is 6.54 Å². The summed E-state index contributed by atoms with van der Waals surface area (Å²) in [6.45, 7) is 2.89. The molecular weight excluding hydrogens is 250 g/mol. The highest BCUT2D eigenvalue weighted by Crippen LogP contribution is 2.21. The zero-order chi connectivity index (χ0) is 13.9. The maximum Gasteiger partial charge on any atom is 0.0911 e. The van der Waals surface area contributed by atoms with Crippen LogP contribution < -0.4 is 11.3 Å². The van der Waals surface area contributed by atoms with Crippen molar-refractivity contribution in [3.63, 3.8) is 0 Å². The van der Waals surface area contributed by atoms with E-state index in [4.69, 9.17) is 5.84 Å². The van der Waals surface area contributed by atoms with Crippen molar-refractivity contribution in [2.45, 2.75) is 19.5 Å². The van der Waals surface area contributed by atoms with E-state index in [0.29, 0.717) is 0 Å². The summed E-state index contributed by atoms with van der Waals surface area (Å²) in [6, 6.07) is 11.9. The molecule has 2 aromatic heterocycles. The van der Waals surface area contributed by atoms with Gasteiger partial charge in [-0.25, -0.2) is 5.43 Å². The molecule has 1 unspecified atom stereocenters. The second-order valence-electron chi connectivity index (χ2n) is 4.66. The Morgan fingerprint density at radius 2 is 2.10 bits per heavy atom. The van der Waals surface area contributed by atoms with Gasteiger partial charge in [-0.15, -0.1) is 0 Å². The molecule has 0 amide bonds. The maximum atomic E-state index is 5.70. The second kappa shape index (κ2) is 5.40. The van der Waals surface area contributed by atoms with E-state index in [1.165, 1.54) is 0 Å². The first-order chi connectivity index (χ1) is 9.81. The SMILES string of the molecule is CCn1cc(C(NN)c2ccc3ccccc3n2)cn1. The van der Waals surface area contributed by atoms with Gasteiger partial charge in [0.05, 0.1) is 23.4 Å². The quantitative estimate of drug-likeness (QED) is 0.560. The number of hydrogen-bond donors (Lipinski definition) is 2. The summed E-state index contributed by atoms with van der Waals surface area (Å²) in [7, 11) is 0. The van der Waals surface area contributed by atoms with E-state index in [1.54, 1.807) is 0 Å². The van der Waals surface area contributed by atoms with Crippen molar-refractivity contribution >= 4 is 10.9 Å². The van der Waals surface area contributed by atoms with Crippen LogP contribution in [0.2, 0.25) is 0 Å². The number of benzene rings is 1. The van der Waals surface area contributed by atoms with Gasteiger partial charge in [0, 0.05) is 23.7 Å². The Bertz CT molecular complexity index is 719. The fraction of sp³-hybridized carbons (Fsp3) is 0.200. The van der Waals surface area contributed by atoms with Crippen molar-refractivity contribution in [1.82, 2.24) is 20.2 Å². The standard InChI is InChI=1S/C15H17N5/c1-2-20-10-12(9-17-20)15(19-16)14-8-7-11-5-3-4-6-13(11)18-14/h3-10,15,19H,2,16H2,1H3. The van der Waals surface area contributed by atoms with Gasteiger partial charge in [0.1, 0.15) is 0 Å². The average molecular weight is 267 g/mol. The fourth-order valence-electron chi connectivity index (χ4n) is 2.30. The first kappa shape index (κ1) is 12.8. The lowest BCUT2D eigenvalue weighted by Crippen LogP contribution is -2.29. The lowest BCUT2D eigenvalue weighted by atomic mass is 10.1. The van der Waals surface area contributed by atoms with Crippen LogP contribution in [-0.4, -0.2) is 14.8 Å². The van der Waals surface area contributed by atoms with E-state index in [9.17, 15) is 0 Å². The van der Waals surface area contributed by atoms with Crippen molar-refractivity contribution in [3.05, 3.63) is 60.0 Å². The molecule has 0 saturated carbocycles. The molecule has 0 bridgehead atoms. The van der Waals surface area contributed by atoms with E-state index in [-0.39, 0.29) is 6.04 Å². The molecule has 3 rings (SSSR count). The predicted octanol–water partition coefficient (Wildman–Crippen LogP) is 2.00. The number of nitrogens with zero attached hydrogens (tertiary/aromatic N) is 3. The number of nitrogens with two attached hydrogens (primary N) is 1. The molecule has 0 spiro atoms. The third-order valence-corrected chi connectivity index (χ3v) is 3.39. The topological polar surface area (TPSA) is 68.8 Å². The smallest absolute Gasteiger partial charge is 0.0911 e. The summed E-state index contributed by atoms with van der Waals surface area (Å²) >= 11 is 0. The largest absolute Gasteiger partial charge is 0.273 e. The first-order valence-electron chi connectivity index (χ1n) is 6.66. The van der Waals surface area contributed by atoms with Gasteiger partial charge < -0.3 is 0 Å². The number of nitrogens with one attached hydrogen (secondary N) is 1. The Balaban J connectivity index is 2.02. The Kier molecular flexibility index (Phi) is 3.45. The van der Waals surface area contributed by atoms with Gasteiger partial charge >= 0.3 is 0 Å². The minimum absolute atomic E-state index is 0.153. The van der Waals surface area contributed by atoms with Crippen LogP contribution in [0.25, 0.3) is 10.9 Å². The van der Waals surface area contributed by atoms with Crippen LogP contribution >= 0.6 is 0 Å². The normalized spacial score (nSPS) is 12.7. The molecule has 0 aliphatic rings. The number of aryl methyl sites for hydroxylation is 1. The van der Waals surface area contributed by atoms with E-state index in [0.717, 1.165) is 28.7 Å². The maximum absolute atomic E-state index is 5.70. The molecule has 3 aromatic rings. The molecule has 0 radical (unpaired) electrons. The fourth-order valence-corrected chi connectivity index (χ4v) is 2.30. The monoisotopic (exact) mass is 267 g/mol. The van der Waals surface area contributed by atoms with Crippen molar-refractivity contribution in [3.8, 4) is 0 Å². The number of hydrazine groups is 1. The third kappa shape index (κ3) is 2.29. The number of fused-ring (bicyclic) bond motifs is 1. The van der Waals surface area contributed by atoms with E-state index in [1.807, 2.05) is 47.4 Å².